The molecule has 0 bridgehead atoms. The maximum absolute atomic E-state index is 4.76. The van der Waals surface area contributed by atoms with E-state index in [0.29, 0.717) is 0 Å². The topological polar surface area (TPSA) is 53.9 Å². The van der Waals surface area contributed by atoms with Crippen LogP contribution in [-0.2, 0) is 6.42 Å². The van der Waals surface area contributed by atoms with Crippen LogP contribution in [0.5, 0.6) is 0 Å². The highest BCUT2D eigenvalue weighted by Gasteiger charge is 2.14. The summed E-state index contributed by atoms with van der Waals surface area (Å²) in [5.74, 6) is 1.82. The number of piperazine rings is 1. The number of aromatic nitrogens is 3. The number of aryl methyl sites for hydroxylation is 1. The fourth-order valence-corrected chi connectivity index (χ4v) is 2.55. The zero-order valence-corrected chi connectivity index (χ0v) is 12.4. The van der Waals surface area contributed by atoms with Crippen molar-refractivity contribution in [1.29, 1.82) is 0 Å². The van der Waals surface area contributed by atoms with Crippen molar-refractivity contribution in [2.75, 3.05) is 31.1 Å². The normalized spacial score (nSPS) is 15.2. The summed E-state index contributed by atoms with van der Waals surface area (Å²) in [6.07, 6.45) is 5.67. The van der Waals surface area contributed by atoms with Gasteiger partial charge in [0, 0.05) is 55.9 Å². The smallest absolute Gasteiger partial charge is 0.163 e. The first-order chi connectivity index (χ1) is 10.4. The summed E-state index contributed by atoms with van der Waals surface area (Å²) in [6, 6.07) is 6.07. The summed E-state index contributed by atoms with van der Waals surface area (Å²) < 4.78 is 0. The van der Waals surface area contributed by atoms with Crippen LogP contribution in [-0.4, -0.2) is 41.1 Å². The molecule has 0 aromatic carbocycles. The minimum absolute atomic E-state index is 0.780. The van der Waals surface area contributed by atoms with Crippen molar-refractivity contribution >= 4 is 5.82 Å². The predicted octanol–water partition coefficient (Wildman–Crippen LogP) is 1.90. The van der Waals surface area contributed by atoms with E-state index in [1.54, 1.807) is 6.20 Å². The van der Waals surface area contributed by atoms with Gasteiger partial charge >= 0.3 is 0 Å². The first kappa shape index (κ1) is 13.9. The second kappa shape index (κ2) is 6.63. The van der Waals surface area contributed by atoms with Crippen molar-refractivity contribution in [1.82, 2.24) is 20.3 Å². The Bertz CT molecular complexity index is 578. The molecule has 0 aliphatic carbocycles. The summed E-state index contributed by atoms with van der Waals surface area (Å²) in [4.78, 5) is 16.0. The molecule has 1 N–H and O–H groups in total. The van der Waals surface area contributed by atoms with Crippen LogP contribution in [0, 0.1) is 0 Å². The van der Waals surface area contributed by atoms with E-state index in [4.69, 9.17) is 9.97 Å². The molecule has 0 atom stereocenters. The van der Waals surface area contributed by atoms with E-state index < -0.39 is 0 Å². The summed E-state index contributed by atoms with van der Waals surface area (Å²) in [7, 11) is 0. The predicted molar refractivity (Wildman–Crippen MR) is 84.3 cm³/mol. The van der Waals surface area contributed by atoms with Crippen molar-refractivity contribution in [3.63, 3.8) is 0 Å². The molecule has 0 unspecified atom stereocenters. The fourth-order valence-electron chi connectivity index (χ4n) is 2.55. The van der Waals surface area contributed by atoms with Gasteiger partial charge in [-0.15, -0.1) is 0 Å². The highest BCUT2D eigenvalue weighted by atomic mass is 15.2. The van der Waals surface area contributed by atoms with Crippen molar-refractivity contribution in [3.8, 4) is 11.4 Å². The van der Waals surface area contributed by atoms with Gasteiger partial charge in [0.2, 0.25) is 0 Å². The maximum atomic E-state index is 4.76. The van der Waals surface area contributed by atoms with Crippen LogP contribution in [0.3, 0.4) is 0 Å². The van der Waals surface area contributed by atoms with E-state index in [1.165, 1.54) is 0 Å². The fraction of sp³-hybridized carbons (Fsp3) is 0.438. The summed E-state index contributed by atoms with van der Waals surface area (Å²) in [5, 5.41) is 3.38. The van der Waals surface area contributed by atoms with E-state index in [1.807, 2.05) is 18.3 Å². The minimum Gasteiger partial charge on any atom is -0.354 e. The Labute approximate surface area is 125 Å². The average Bonchev–Trinajstić information content (AvgIpc) is 2.56. The van der Waals surface area contributed by atoms with Gasteiger partial charge in [-0.3, -0.25) is 4.98 Å². The monoisotopic (exact) mass is 283 g/mol. The summed E-state index contributed by atoms with van der Waals surface area (Å²) in [6.45, 7) is 6.19. The van der Waals surface area contributed by atoms with E-state index in [0.717, 1.165) is 61.9 Å². The van der Waals surface area contributed by atoms with Crippen molar-refractivity contribution in [3.05, 3.63) is 36.3 Å². The van der Waals surface area contributed by atoms with E-state index >= 15 is 0 Å². The van der Waals surface area contributed by atoms with Gasteiger partial charge in [-0.2, -0.15) is 0 Å². The first-order valence-electron chi connectivity index (χ1n) is 7.61. The second-order valence-electron chi connectivity index (χ2n) is 5.27. The van der Waals surface area contributed by atoms with Crippen LogP contribution < -0.4 is 10.2 Å². The lowest BCUT2D eigenvalue weighted by atomic mass is 10.2. The molecule has 0 amide bonds. The van der Waals surface area contributed by atoms with E-state index in [2.05, 4.69) is 28.2 Å². The molecular formula is C16H21N5. The SMILES string of the molecule is CCCc1cc(N2CCNCC2)nc(-c2cccnc2)n1. The molecule has 1 aliphatic rings. The van der Waals surface area contributed by atoms with Gasteiger partial charge in [-0.1, -0.05) is 13.3 Å². The van der Waals surface area contributed by atoms with Gasteiger partial charge in [0.15, 0.2) is 5.82 Å². The zero-order chi connectivity index (χ0) is 14.5. The molecule has 5 nitrogen and oxygen atoms in total. The number of nitrogens with zero attached hydrogens (tertiary/aromatic N) is 4. The Kier molecular flexibility index (Phi) is 4.40. The molecule has 0 saturated carbocycles. The molecule has 3 heterocycles. The first-order valence-corrected chi connectivity index (χ1v) is 7.61. The Balaban J connectivity index is 1.97. The number of hydrogen-bond donors (Lipinski definition) is 1. The highest BCUT2D eigenvalue weighted by molar-refractivity contribution is 5.57. The van der Waals surface area contributed by atoms with Gasteiger partial charge in [0.05, 0.1) is 0 Å². The number of anilines is 1. The Hall–Kier alpha value is -2.01. The quantitative estimate of drug-likeness (QED) is 0.929. The van der Waals surface area contributed by atoms with Gasteiger partial charge in [0.25, 0.3) is 0 Å². The molecule has 21 heavy (non-hydrogen) atoms. The molecular weight excluding hydrogens is 262 g/mol. The molecule has 3 rings (SSSR count). The third-order valence-electron chi connectivity index (χ3n) is 3.63. The van der Waals surface area contributed by atoms with Crippen LogP contribution in [0.1, 0.15) is 19.0 Å². The van der Waals surface area contributed by atoms with Crippen molar-refractivity contribution in [2.45, 2.75) is 19.8 Å². The highest BCUT2D eigenvalue weighted by Crippen LogP contribution is 2.20. The van der Waals surface area contributed by atoms with Crippen LogP contribution in [0.4, 0.5) is 5.82 Å². The standard InChI is InChI=1S/C16H21N5/c1-2-4-14-11-15(21-9-7-17-8-10-21)20-16(19-14)13-5-3-6-18-12-13/h3,5-6,11-12,17H,2,4,7-10H2,1H3. The third-order valence-corrected chi connectivity index (χ3v) is 3.63. The number of nitrogens with one attached hydrogen (secondary N) is 1. The Morgan fingerprint density at radius 2 is 2.10 bits per heavy atom. The maximum Gasteiger partial charge on any atom is 0.163 e. The molecule has 1 saturated heterocycles. The molecule has 2 aromatic heterocycles. The molecule has 1 aliphatic heterocycles. The molecule has 0 radical (unpaired) electrons. The molecule has 1 fully saturated rings. The number of rotatable bonds is 4. The Morgan fingerprint density at radius 3 is 2.81 bits per heavy atom. The summed E-state index contributed by atoms with van der Waals surface area (Å²) >= 11 is 0. The van der Waals surface area contributed by atoms with Crippen LogP contribution in [0.25, 0.3) is 11.4 Å². The number of pyridine rings is 1. The van der Waals surface area contributed by atoms with Crippen molar-refractivity contribution < 1.29 is 0 Å². The molecule has 2 aromatic rings. The molecule has 5 heteroatoms. The third kappa shape index (κ3) is 3.36. The van der Waals surface area contributed by atoms with E-state index in [9.17, 15) is 0 Å². The lowest BCUT2D eigenvalue weighted by molar-refractivity contribution is 0.584. The van der Waals surface area contributed by atoms with Crippen molar-refractivity contribution in [2.24, 2.45) is 0 Å². The van der Waals surface area contributed by atoms with E-state index in [-0.39, 0.29) is 0 Å². The van der Waals surface area contributed by atoms with Crippen LogP contribution in [0.2, 0.25) is 0 Å². The molecule has 0 spiro atoms. The molecule has 110 valence electrons. The van der Waals surface area contributed by atoms with Gasteiger partial charge in [-0.25, -0.2) is 9.97 Å². The second-order valence-corrected chi connectivity index (χ2v) is 5.27. The minimum atomic E-state index is 0.780. The van der Waals surface area contributed by atoms with Crippen LogP contribution in [0.15, 0.2) is 30.6 Å². The van der Waals surface area contributed by atoms with Gasteiger partial charge < -0.3 is 10.2 Å². The number of hydrogen-bond acceptors (Lipinski definition) is 5. The zero-order valence-electron chi connectivity index (χ0n) is 12.4. The lowest BCUT2D eigenvalue weighted by Crippen LogP contribution is -2.44. The largest absolute Gasteiger partial charge is 0.354 e. The van der Waals surface area contributed by atoms with Gasteiger partial charge in [-0.05, 0) is 18.6 Å². The average molecular weight is 283 g/mol. The lowest BCUT2D eigenvalue weighted by Gasteiger charge is -2.28. The van der Waals surface area contributed by atoms with Gasteiger partial charge in [0.1, 0.15) is 5.82 Å². The Morgan fingerprint density at radius 1 is 1.24 bits per heavy atom. The summed E-state index contributed by atoms with van der Waals surface area (Å²) in [5.41, 5.74) is 2.09. The van der Waals surface area contributed by atoms with Crippen LogP contribution >= 0.6 is 0 Å².